The number of aromatic nitrogens is 5. The maximum atomic E-state index is 12.4. The van der Waals surface area contributed by atoms with E-state index in [-0.39, 0.29) is 24.1 Å². The molecule has 4 aromatic heterocycles. The maximum absolute atomic E-state index is 12.4. The quantitative estimate of drug-likeness (QED) is 0.575. The molecule has 0 aliphatic carbocycles. The molecule has 5 rings (SSSR count). The third kappa shape index (κ3) is 2.43. The number of H-pyrrole nitrogens is 1. The van der Waals surface area contributed by atoms with Crippen LogP contribution in [0.25, 0.3) is 27.9 Å². The van der Waals surface area contributed by atoms with Crippen LogP contribution in [0.4, 0.5) is 0 Å². The molecule has 7 nitrogen and oxygen atoms in total. The molecular weight excluding hydrogens is 340 g/mol. The number of imidazole rings is 1. The summed E-state index contributed by atoms with van der Waals surface area (Å²) in [7, 11) is 0. The second kappa shape index (κ2) is 6.02. The lowest BCUT2D eigenvalue weighted by Crippen LogP contribution is -2.24. The second-order valence-electron chi connectivity index (χ2n) is 6.10. The average Bonchev–Trinajstić information content (AvgIpc) is 3.31. The molecule has 0 spiro atoms. The minimum absolute atomic E-state index is 0. The molecule has 8 heteroatoms. The largest absolute Gasteiger partial charge is 0.327 e. The van der Waals surface area contributed by atoms with Crippen molar-refractivity contribution in [3.05, 3.63) is 53.2 Å². The summed E-state index contributed by atoms with van der Waals surface area (Å²) in [5, 5.41) is 7.67. The normalized spacial score (nSPS) is 17.2. The number of hydrogen-bond donors (Lipinski definition) is 2. The van der Waals surface area contributed by atoms with Gasteiger partial charge in [-0.3, -0.25) is 4.57 Å². The van der Waals surface area contributed by atoms with Crippen LogP contribution in [0.3, 0.4) is 0 Å². The molecule has 1 fully saturated rings. The molecule has 1 aliphatic rings. The Kier molecular flexibility index (Phi) is 3.82. The van der Waals surface area contributed by atoms with E-state index in [2.05, 4.69) is 15.4 Å². The van der Waals surface area contributed by atoms with Crippen molar-refractivity contribution in [3.63, 3.8) is 0 Å². The van der Waals surface area contributed by atoms with E-state index < -0.39 is 0 Å². The van der Waals surface area contributed by atoms with E-state index in [0.717, 1.165) is 41.8 Å². The SMILES string of the molecule is Cl.O=c1[nH]c2ccc(-c3cnn4ccccc34)nc2n1C1CCNC1. The van der Waals surface area contributed by atoms with Crippen molar-refractivity contribution in [2.45, 2.75) is 12.5 Å². The van der Waals surface area contributed by atoms with Crippen molar-refractivity contribution >= 4 is 29.1 Å². The van der Waals surface area contributed by atoms with Crippen LogP contribution in [0.5, 0.6) is 0 Å². The first kappa shape index (κ1) is 15.9. The van der Waals surface area contributed by atoms with Gasteiger partial charge in [0.05, 0.1) is 29.0 Å². The first-order valence-corrected chi connectivity index (χ1v) is 8.06. The monoisotopic (exact) mass is 356 g/mol. The lowest BCUT2D eigenvalue weighted by Gasteiger charge is -2.10. The number of halogens is 1. The van der Waals surface area contributed by atoms with Crippen molar-refractivity contribution in [2.75, 3.05) is 13.1 Å². The van der Waals surface area contributed by atoms with Crippen LogP contribution in [0.1, 0.15) is 12.5 Å². The third-order valence-electron chi connectivity index (χ3n) is 4.67. The fourth-order valence-electron chi connectivity index (χ4n) is 3.48. The van der Waals surface area contributed by atoms with E-state index >= 15 is 0 Å². The van der Waals surface area contributed by atoms with Gasteiger partial charge in [0.25, 0.3) is 0 Å². The van der Waals surface area contributed by atoms with Crippen LogP contribution in [0.15, 0.2) is 47.5 Å². The molecule has 25 heavy (non-hydrogen) atoms. The Hall–Kier alpha value is -2.64. The van der Waals surface area contributed by atoms with Crippen molar-refractivity contribution in [3.8, 4) is 11.3 Å². The molecule has 5 heterocycles. The van der Waals surface area contributed by atoms with Crippen LogP contribution in [0, 0.1) is 0 Å². The molecule has 1 saturated heterocycles. The predicted molar refractivity (Wildman–Crippen MR) is 98.3 cm³/mol. The zero-order chi connectivity index (χ0) is 16.1. The molecule has 0 saturated carbocycles. The summed E-state index contributed by atoms with van der Waals surface area (Å²) in [6.45, 7) is 1.73. The Bertz CT molecular complexity index is 1110. The fraction of sp³-hybridized carbons (Fsp3) is 0.235. The van der Waals surface area contributed by atoms with Gasteiger partial charge < -0.3 is 10.3 Å². The predicted octanol–water partition coefficient (Wildman–Crippen LogP) is 2.00. The number of aromatic amines is 1. The molecule has 1 atom stereocenters. The lowest BCUT2D eigenvalue weighted by molar-refractivity contribution is 0.542. The highest BCUT2D eigenvalue weighted by molar-refractivity contribution is 5.85. The Labute approximate surface area is 149 Å². The topological polar surface area (TPSA) is 80.0 Å². The summed E-state index contributed by atoms with van der Waals surface area (Å²) >= 11 is 0. The van der Waals surface area contributed by atoms with E-state index in [0.29, 0.717) is 5.65 Å². The lowest BCUT2D eigenvalue weighted by atomic mass is 10.2. The molecule has 128 valence electrons. The Morgan fingerprint density at radius 1 is 1.20 bits per heavy atom. The molecule has 1 unspecified atom stereocenters. The van der Waals surface area contributed by atoms with Gasteiger partial charge in [0.1, 0.15) is 0 Å². The van der Waals surface area contributed by atoms with Crippen molar-refractivity contribution in [2.24, 2.45) is 0 Å². The second-order valence-corrected chi connectivity index (χ2v) is 6.10. The van der Waals surface area contributed by atoms with Crippen LogP contribution < -0.4 is 11.0 Å². The van der Waals surface area contributed by atoms with Gasteiger partial charge in [0.2, 0.25) is 0 Å². The average molecular weight is 357 g/mol. The first-order chi connectivity index (χ1) is 11.8. The highest BCUT2D eigenvalue weighted by Gasteiger charge is 2.22. The van der Waals surface area contributed by atoms with Crippen molar-refractivity contribution in [1.82, 2.24) is 29.5 Å². The zero-order valence-electron chi connectivity index (χ0n) is 13.3. The van der Waals surface area contributed by atoms with E-state index in [1.807, 2.05) is 47.2 Å². The van der Waals surface area contributed by atoms with Crippen LogP contribution in [-0.2, 0) is 0 Å². The van der Waals surface area contributed by atoms with Gasteiger partial charge in [-0.1, -0.05) is 6.07 Å². The molecule has 1 aliphatic heterocycles. The molecule has 2 N–H and O–H groups in total. The summed E-state index contributed by atoms with van der Waals surface area (Å²) in [6.07, 6.45) is 4.67. The highest BCUT2D eigenvalue weighted by atomic mass is 35.5. The van der Waals surface area contributed by atoms with Crippen LogP contribution in [0.2, 0.25) is 0 Å². The molecular formula is C17H17ClN6O. The summed E-state index contributed by atoms with van der Waals surface area (Å²) in [6, 6.07) is 9.94. The molecule has 0 radical (unpaired) electrons. The number of hydrogen-bond acceptors (Lipinski definition) is 4. The van der Waals surface area contributed by atoms with E-state index in [4.69, 9.17) is 4.98 Å². The van der Waals surface area contributed by atoms with E-state index in [1.54, 1.807) is 4.57 Å². The molecule has 4 aromatic rings. The van der Waals surface area contributed by atoms with Gasteiger partial charge in [-0.2, -0.15) is 5.10 Å². The maximum Gasteiger partial charge on any atom is 0.327 e. The Morgan fingerprint density at radius 3 is 2.96 bits per heavy atom. The summed E-state index contributed by atoms with van der Waals surface area (Å²) in [5.41, 5.74) is 4.16. The molecule has 0 aromatic carbocycles. The highest BCUT2D eigenvalue weighted by Crippen LogP contribution is 2.25. The standard InChI is InChI=1S/C17H16N6O.ClH/c24-17-21-14-5-4-13(12-10-19-22-8-2-1-3-15(12)22)20-16(14)23(17)11-6-7-18-9-11;/h1-5,8,10-11,18H,6-7,9H2,(H,21,24);1H. The van der Waals surface area contributed by atoms with E-state index in [9.17, 15) is 4.79 Å². The van der Waals surface area contributed by atoms with Gasteiger partial charge in [-0.25, -0.2) is 14.3 Å². The first-order valence-electron chi connectivity index (χ1n) is 8.06. The van der Waals surface area contributed by atoms with Gasteiger partial charge in [-0.15, -0.1) is 12.4 Å². The number of fused-ring (bicyclic) bond motifs is 2. The van der Waals surface area contributed by atoms with Gasteiger partial charge in [0, 0.05) is 18.3 Å². The van der Waals surface area contributed by atoms with E-state index in [1.165, 1.54) is 0 Å². The Balaban J connectivity index is 0.00000157. The minimum atomic E-state index is -0.0942. The Morgan fingerprint density at radius 2 is 2.12 bits per heavy atom. The fourth-order valence-corrected chi connectivity index (χ4v) is 3.48. The van der Waals surface area contributed by atoms with Gasteiger partial charge in [0.15, 0.2) is 5.65 Å². The molecule has 0 bridgehead atoms. The van der Waals surface area contributed by atoms with Gasteiger partial charge in [-0.05, 0) is 37.2 Å². The minimum Gasteiger partial charge on any atom is -0.315 e. The third-order valence-corrected chi connectivity index (χ3v) is 4.67. The summed E-state index contributed by atoms with van der Waals surface area (Å²) in [4.78, 5) is 20.1. The summed E-state index contributed by atoms with van der Waals surface area (Å²) in [5.74, 6) is 0. The number of nitrogens with one attached hydrogen (secondary N) is 2. The van der Waals surface area contributed by atoms with Crippen LogP contribution >= 0.6 is 12.4 Å². The zero-order valence-corrected chi connectivity index (χ0v) is 14.2. The summed E-state index contributed by atoms with van der Waals surface area (Å²) < 4.78 is 3.61. The van der Waals surface area contributed by atoms with Crippen molar-refractivity contribution < 1.29 is 0 Å². The van der Waals surface area contributed by atoms with Crippen molar-refractivity contribution in [1.29, 1.82) is 0 Å². The van der Waals surface area contributed by atoms with Gasteiger partial charge >= 0.3 is 5.69 Å². The van der Waals surface area contributed by atoms with Crippen LogP contribution in [-0.4, -0.2) is 37.2 Å². The smallest absolute Gasteiger partial charge is 0.315 e. The number of pyridine rings is 2. The number of nitrogens with zero attached hydrogens (tertiary/aromatic N) is 4. The number of rotatable bonds is 2. The molecule has 0 amide bonds.